The number of rotatable bonds is 2. The summed E-state index contributed by atoms with van der Waals surface area (Å²) in [6.45, 7) is 1.65. The van der Waals surface area contributed by atoms with Gasteiger partial charge in [-0.25, -0.2) is 14.9 Å². The van der Waals surface area contributed by atoms with Crippen molar-refractivity contribution < 1.29 is 9.59 Å². The Morgan fingerprint density at radius 3 is 2.22 bits per heavy atom. The molecule has 3 aliphatic rings. The summed E-state index contributed by atoms with van der Waals surface area (Å²) in [7, 11) is 0. The van der Waals surface area contributed by atoms with Crippen molar-refractivity contribution in [3.63, 3.8) is 0 Å². The largest absolute Gasteiger partial charge is 0.274 e. The summed E-state index contributed by atoms with van der Waals surface area (Å²) in [5, 5.41) is 5.01. The fourth-order valence-corrected chi connectivity index (χ4v) is 4.93. The molecule has 3 heterocycles. The number of anilines is 1. The molecule has 0 saturated carbocycles. The molecule has 0 spiro atoms. The number of hydrogen-bond donors (Lipinski definition) is 0. The van der Waals surface area contributed by atoms with Gasteiger partial charge in [-0.3, -0.25) is 9.59 Å². The third-order valence-corrected chi connectivity index (χ3v) is 6.45. The second kappa shape index (κ2) is 6.31. The molecule has 3 saturated heterocycles. The first kappa shape index (κ1) is 17.2. The Bertz CT molecular complexity index is 936. The van der Waals surface area contributed by atoms with Crippen LogP contribution in [0.5, 0.6) is 0 Å². The molecule has 0 bridgehead atoms. The number of fused-ring (bicyclic) bond motifs is 3. The number of hydrogen-bond acceptors (Lipinski definition) is 4. The van der Waals surface area contributed by atoms with Gasteiger partial charge in [-0.05, 0) is 30.2 Å². The van der Waals surface area contributed by atoms with E-state index >= 15 is 0 Å². The van der Waals surface area contributed by atoms with E-state index in [1.165, 1.54) is 4.90 Å². The van der Waals surface area contributed by atoms with Crippen LogP contribution in [0.2, 0.25) is 10.0 Å². The van der Waals surface area contributed by atoms with Gasteiger partial charge in [-0.15, -0.1) is 0 Å². The standard InChI is InChI=1S/C20H17Cl2N3O2/c21-14-8-7-13(11-15(14)22)25-19(26)16-17(12-5-2-1-3-6-12)23-9-4-10-24(23)18(16)20(25)27/h1-3,5-8,11,16-18H,4,9-10H2/t16-,17+,18+/m0/s1. The van der Waals surface area contributed by atoms with Crippen LogP contribution >= 0.6 is 23.2 Å². The molecule has 2 aromatic rings. The van der Waals surface area contributed by atoms with Crippen LogP contribution in [-0.4, -0.2) is 41.0 Å². The summed E-state index contributed by atoms with van der Waals surface area (Å²) in [4.78, 5) is 27.9. The van der Waals surface area contributed by atoms with Crippen LogP contribution in [0.3, 0.4) is 0 Å². The molecule has 0 unspecified atom stereocenters. The van der Waals surface area contributed by atoms with Crippen molar-refractivity contribution in [1.29, 1.82) is 0 Å². The van der Waals surface area contributed by atoms with Gasteiger partial charge in [0.05, 0.1) is 27.7 Å². The molecule has 5 nitrogen and oxygen atoms in total. The number of nitrogens with zero attached hydrogens (tertiary/aromatic N) is 3. The molecule has 2 aromatic carbocycles. The molecule has 0 radical (unpaired) electrons. The number of carbonyl (C=O) groups is 2. The van der Waals surface area contributed by atoms with Crippen LogP contribution in [0, 0.1) is 5.92 Å². The molecule has 27 heavy (non-hydrogen) atoms. The van der Waals surface area contributed by atoms with Gasteiger partial charge in [0.25, 0.3) is 5.91 Å². The first-order valence-corrected chi connectivity index (χ1v) is 9.74. The Kier molecular flexibility index (Phi) is 4.02. The van der Waals surface area contributed by atoms with Crippen molar-refractivity contribution >= 4 is 40.7 Å². The monoisotopic (exact) mass is 401 g/mol. The topological polar surface area (TPSA) is 43.9 Å². The fourth-order valence-electron chi connectivity index (χ4n) is 4.64. The van der Waals surface area contributed by atoms with Crippen molar-refractivity contribution in [2.75, 3.05) is 18.0 Å². The van der Waals surface area contributed by atoms with E-state index in [0.717, 1.165) is 25.1 Å². The summed E-state index contributed by atoms with van der Waals surface area (Å²) >= 11 is 12.1. The second-order valence-electron chi connectivity index (χ2n) is 7.12. The lowest BCUT2D eigenvalue weighted by Crippen LogP contribution is -2.44. The van der Waals surface area contributed by atoms with Crippen LogP contribution in [0.15, 0.2) is 48.5 Å². The van der Waals surface area contributed by atoms with E-state index in [-0.39, 0.29) is 17.9 Å². The Balaban J connectivity index is 1.59. The van der Waals surface area contributed by atoms with Gasteiger partial charge < -0.3 is 0 Å². The Morgan fingerprint density at radius 2 is 1.52 bits per heavy atom. The van der Waals surface area contributed by atoms with Crippen molar-refractivity contribution in [1.82, 2.24) is 10.0 Å². The maximum Gasteiger partial charge on any atom is 0.253 e. The predicted molar refractivity (Wildman–Crippen MR) is 103 cm³/mol. The third kappa shape index (κ3) is 2.46. The zero-order chi connectivity index (χ0) is 18.7. The van der Waals surface area contributed by atoms with Gasteiger partial charge in [0.2, 0.25) is 5.91 Å². The second-order valence-corrected chi connectivity index (χ2v) is 7.93. The van der Waals surface area contributed by atoms with E-state index in [9.17, 15) is 9.59 Å². The lowest BCUT2D eigenvalue weighted by molar-refractivity contribution is -0.126. The number of hydrazine groups is 1. The van der Waals surface area contributed by atoms with Crippen LogP contribution < -0.4 is 4.90 Å². The molecule has 0 N–H and O–H groups in total. The normalized spacial score (nSPS) is 28.1. The van der Waals surface area contributed by atoms with Crippen molar-refractivity contribution in [2.24, 2.45) is 5.92 Å². The van der Waals surface area contributed by atoms with Gasteiger partial charge in [-0.1, -0.05) is 53.5 Å². The fraction of sp³-hybridized carbons (Fsp3) is 0.300. The minimum absolute atomic E-state index is 0.122. The number of amides is 2. The van der Waals surface area contributed by atoms with Gasteiger partial charge in [0.15, 0.2) is 0 Å². The number of benzene rings is 2. The molecule has 0 aliphatic carbocycles. The van der Waals surface area contributed by atoms with Crippen LogP contribution in [0.4, 0.5) is 5.69 Å². The number of halogens is 2. The summed E-state index contributed by atoms with van der Waals surface area (Å²) in [6.07, 6.45) is 0.987. The average Bonchev–Trinajstić information content (AvgIpc) is 3.31. The molecular weight excluding hydrogens is 385 g/mol. The molecular formula is C20H17Cl2N3O2. The first-order valence-electron chi connectivity index (χ1n) is 8.99. The minimum atomic E-state index is -0.459. The molecule has 3 fully saturated rings. The van der Waals surface area contributed by atoms with Crippen LogP contribution in [0.25, 0.3) is 0 Å². The SMILES string of the molecule is O=C1[C@H]2[C@@H](c3ccccc3)N3CCCN3[C@H]2C(=O)N1c1ccc(Cl)c(Cl)c1. The van der Waals surface area contributed by atoms with Gasteiger partial charge in [0, 0.05) is 13.1 Å². The zero-order valence-electron chi connectivity index (χ0n) is 14.4. The Hall–Kier alpha value is -1.92. The number of carbonyl (C=O) groups excluding carboxylic acids is 2. The quantitative estimate of drug-likeness (QED) is 0.721. The molecule has 3 aliphatic heterocycles. The van der Waals surface area contributed by atoms with Crippen molar-refractivity contribution in [2.45, 2.75) is 18.5 Å². The summed E-state index contributed by atoms with van der Waals surface area (Å²) < 4.78 is 0. The Morgan fingerprint density at radius 1 is 0.815 bits per heavy atom. The molecule has 138 valence electrons. The maximum absolute atomic E-state index is 13.4. The summed E-state index contributed by atoms with van der Waals surface area (Å²) in [6, 6.07) is 14.3. The highest BCUT2D eigenvalue weighted by atomic mass is 35.5. The van der Waals surface area contributed by atoms with Gasteiger partial charge in [0.1, 0.15) is 6.04 Å². The summed E-state index contributed by atoms with van der Waals surface area (Å²) in [5.74, 6) is -0.782. The maximum atomic E-state index is 13.4. The molecule has 7 heteroatoms. The van der Waals surface area contributed by atoms with Crippen molar-refractivity contribution in [3.8, 4) is 0 Å². The van der Waals surface area contributed by atoms with E-state index in [1.54, 1.807) is 18.2 Å². The van der Waals surface area contributed by atoms with Crippen LogP contribution in [-0.2, 0) is 9.59 Å². The van der Waals surface area contributed by atoms with E-state index in [0.29, 0.717) is 15.7 Å². The molecule has 0 aromatic heterocycles. The Labute approximate surface area is 167 Å². The summed E-state index contributed by atoms with van der Waals surface area (Å²) in [5.41, 5.74) is 1.54. The lowest BCUT2D eigenvalue weighted by Gasteiger charge is -2.29. The van der Waals surface area contributed by atoms with Gasteiger partial charge >= 0.3 is 0 Å². The molecule has 3 atom stereocenters. The first-order chi connectivity index (χ1) is 13.1. The average molecular weight is 402 g/mol. The highest BCUT2D eigenvalue weighted by Gasteiger charge is 2.62. The number of imide groups is 1. The highest BCUT2D eigenvalue weighted by molar-refractivity contribution is 6.42. The zero-order valence-corrected chi connectivity index (χ0v) is 15.9. The van der Waals surface area contributed by atoms with E-state index < -0.39 is 12.0 Å². The van der Waals surface area contributed by atoms with Gasteiger partial charge in [-0.2, -0.15) is 0 Å². The molecule has 2 amide bonds. The predicted octanol–water partition coefficient (Wildman–Crippen LogP) is 3.53. The van der Waals surface area contributed by atoms with Crippen LogP contribution in [0.1, 0.15) is 18.0 Å². The van der Waals surface area contributed by atoms with E-state index in [2.05, 4.69) is 10.0 Å². The molecule has 5 rings (SSSR count). The van der Waals surface area contributed by atoms with E-state index in [1.807, 2.05) is 30.3 Å². The third-order valence-electron chi connectivity index (χ3n) is 5.71. The van der Waals surface area contributed by atoms with E-state index in [4.69, 9.17) is 23.2 Å². The minimum Gasteiger partial charge on any atom is -0.274 e. The highest BCUT2D eigenvalue weighted by Crippen LogP contribution is 2.49. The smallest absolute Gasteiger partial charge is 0.253 e. The van der Waals surface area contributed by atoms with Crippen molar-refractivity contribution in [3.05, 3.63) is 64.1 Å². The lowest BCUT2D eigenvalue weighted by atomic mass is 9.90.